The Kier molecular flexibility index (Phi) is 8.86. The van der Waals surface area contributed by atoms with Crippen molar-refractivity contribution in [1.29, 1.82) is 0 Å². The Hall–Kier alpha value is -4.26. The molecule has 1 N–H and O–H groups in total. The molecule has 42 heavy (non-hydrogen) atoms. The summed E-state index contributed by atoms with van der Waals surface area (Å²) in [5.74, 6) is -0.915. The van der Waals surface area contributed by atoms with Crippen LogP contribution >= 0.6 is 0 Å². The number of hydrogen-bond donors (Lipinski definition) is 1. The maximum absolute atomic E-state index is 13.8. The number of carbonyl (C=O) groups excluding carboxylic acids is 4. The fraction of sp³-hybridized carbons (Fsp3) is 0.371. The second-order valence-corrected chi connectivity index (χ2v) is 11.6. The summed E-state index contributed by atoms with van der Waals surface area (Å²) in [4.78, 5) is 52.8. The number of hydrogen-bond acceptors (Lipinski definition) is 5. The van der Waals surface area contributed by atoms with E-state index in [0.717, 1.165) is 53.6 Å². The molecule has 7 heteroatoms. The lowest BCUT2D eigenvalue weighted by molar-refractivity contribution is -0.147. The number of benzene rings is 3. The first-order chi connectivity index (χ1) is 20.2. The molecule has 1 aliphatic heterocycles. The molecule has 3 aromatic rings. The number of anilines is 1. The van der Waals surface area contributed by atoms with Gasteiger partial charge < -0.3 is 10.1 Å². The zero-order valence-electron chi connectivity index (χ0n) is 24.5. The summed E-state index contributed by atoms with van der Waals surface area (Å²) in [7, 11) is 0. The molecule has 0 bridgehead atoms. The number of nitrogens with one attached hydrogen (secondary N) is 1. The molecular formula is C35H38N2O5. The Morgan fingerprint density at radius 2 is 1.55 bits per heavy atom. The molecule has 0 radical (unpaired) electrons. The lowest BCUT2D eigenvalue weighted by Gasteiger charge is -2.24. The standard InChI is InChI=1S/C35H38N2O5/c1-22(2)42-31(38)20-19-25-11-8-14-30(23(25)3)36-33(39)32(26-9-4-5-10-26)27-17-15-24(16-18-27)21-37-34(40)28-12-6-7-13-29(28)35(37)41/h6-8,11-18,22,26,32H,4-5,9-10,19-21H2,1-3H3,(H,36,39). The van der Waals surface area contributed by atoms with Gasteiger partial charge in [-0.15, -0.1) is 0 Å². The van der Waals surface area contributed by atoms with Gasteiger partial charge in [-0.3, -0.25) is 24.1 Å². The molecule has 1 unspecified atom stereocenters. The summed E-state index contributed by atoms with van der Waals surface area (Å²) >= 11 is 0. The Morgan fingerprint density at radius 3 is 2.17 bits per heavy atom. The van der Waals surface area contributed by atoms with Crippen LogP contribution in [0, 0.1) is 12.8 Å². The highest BCUT2D eigenvalue weighted by molar-refractivity contribution is 6.21. The molecule has 1 heterocycles. The number of imide groups is 1. The van der Waals surface area contributed by atoms with E-state index in [1.807, 2.05) is 63.2 Å². The zero-order chi connectivity index (χ0) is 29.8. The van der Waals surface area contributed by atoms with Crippen LogP contribution in [0.1, 0.15) is 94.8 Å². The van der Waals surface area contributed by atoms with Gasteiger partial charge in [0.05, 0.1) is 29.7 Å². The van der Waals surface area contributed by atoms with Gasteiger partial charge in [-0.25, -0.2) is 0 Å². The highest BCUT2D eigenvalue weighted by Gasteiger charge is 2.35. The van der Waals surface area contributed by atoms with Crippen LogP contribution in [0.2, 0.25) is 0 Å². The lowest BCUT2D eigenvalue weighted by Crippen LogP contribution is -2.29. The van der Waals surface area contributed by atoms with Crippen LogP contribution in [-0.4, -0.2) is 34.7 Å². The molecule has 0 aromatic heterocycles. The number of nitrogens with zero attached hydrogens (tertiary/aromatic N) is 1. The Labute approximate surface area is 247 Å². The number of aryl methyl sites for hydroxylation is 1. The van der Waals surface area contributed by atoms with Crippen molar-refractivity contribution in [3.05, 3.63) is 100 Å². The molecule has 1 fully saturated rings. The van der Waals surface area contributed by atoms with Gasteiger partial charge in [0.1, 0.15) is 0 Å². The molecule has 5 rings (SSSR count). The van der Waals surface area contributed by atoms with E-state index in [1.54, 1.807) is 24.3 Å². The summed E-state index contributed by atoms with van der Waals surface area (Å²) in [6.07, 6.45) is 4.88. The van der Waals surface area contributed by atoms with Gasteiger partial charge in [0.2, 0.25) is 5.91 Å². The van der Waals surface area contributed by atoms with E-state index in [0.29, 0.717) is 17.5 Å². The largest absolute Gasteiger partial charge is 0.463 e. The predicted octanol–water partition coefficient (Wildman–Crippen LogP) is 6.59. The molecule has 7 nitrogen and oxygen atoms in total. The fourth-order valence-corrected chi connectivity index (χ4v) is 6.18. The summed E-state index contributed by atoms with van der Waals surface area (Å²) in [6, 6.07) is 20.4. The van der Waals surface area contributed by atoms with Crippen molar-refractivity contribution in [3.63, 3.8) is 0 Å². The number of carbonyl (C=O) groups is 4. The molecule has 0 saturated heterocycles. The minimum absolute atomic E-state index is 0.0468. The molecule has 0 spiro atoms. The quantitative estimate of drug-likeness (QED) is 0.221. The van der Waals surface area contributed by atoms with Gasteiger partial charge in [0, 0.05) is 12.1 Å². The van der Waals surface area contributed by atoms with Gasteiger partial charge in [-0.1, -0.05) is 61.4 Å². The van der Waals surface area contributed by atoms with Crippen LogP contribution in [-0.2, 0) is 27.3 Å². The van der Waals surface area contributed by atoms with Crippen molar-refractivity contribution >= 4 is 29.4 Å². The average Bonchev–Trinajstić information content (AvgIpc) is 3.58. The molecule has 3 amide bonds. The van der Waals surface area contributed by atoms with Crippen molar-refractivity contribution in [2.24, 2.45) is 5.92 Å². The first kappa shape index (κ1) is 29.2. The smallest absolute Gasteiger partial charge is 0.306 e. The Balaban J connectivity index is 1.30. The van der Waals surface area contributed by atoms with Gasteiger partial charge in [0.25, 0.3) is 11.8 Å². The molecule has 1 atom stereocenters. The molecule has 2 aliphatic rings. The van der Waals surface area contributed by atoms with Gasteiger partial charge in [-0.05, 0) is 86.4 Å². The van der Waals surface area contributed by atoms with E-state index >= 15 is 0 Å². The Bertz CT molecular complexity index is 1450. The highest BCUT2D eigenvalue weighted by atomic mass is 16.5. The number of ether oxygens (including phenoxy) is 1. The normalized spacial score (nSPS) is 15.7. The topological polar surface area (TPSA) is 92.8 Å². The van der Waals surface area contributed by atoms with Gasteiger partial charge in [-0.2, -0.15) is 0 Å². The molecule has 1 saturated carbocycles. The van der Waals surface area contributed by atoms with E-state index in [4.69, 9.17) is 4.74 Å². The van der Waals surface area contributed by atoms with Crippen LogP contribution < -0.4 is 5.32 Å². The van der Waals surface area contributed by atoms with Crippen molar-refractivity contribution in [1.82, 2.24) is 4.90 Å². The molecule has 3 aromatic carbocycles. The third-order valence-electron chi connectivity index (χ3n) is 8.38. The lowest BCUT2D eigenvalue weighted by atomic mass is 9.83. The SMILES string of the molecule is Cc1c(CCC(=O)OC(C)C)cccc1NC(=O)C(c1ccc(CN2C(=O)c3ccccc3C2=O)cc1)C1CCCC1. The van der Waals surface area contributed by atoms with Crippen LogP contribution in [0.3, 0.4) is 0 Å². The van der Waals surface area contributed by atoms with Crippen LogP contribution in [0.5, 0.6) is 0 Å². The molecular weight excluding hydrogens is 528 g/mol. The summed E-state index contributed by atoms with van der Waals surface area (Å²) < 4.78 is 5.27. The number of amides is 3. The fourth-order valence-electron chi connectivity index (χ4n) is 6.18. The van der Waals surface area contributed by atoms with Gasteiger partial charge >= 0.3 is 5.97 Å². The first-order valence-electron chi connectivity index (χ1n) is 14.9. The number of esters is 1. The maximum Gasteiger partial charge on any atom is 0.306 e. The van der Waals surface area contributed by atoms with E-state index in [-0.39, 0.29) is 54.6 Å². The first-order valence-corrected chi connectivity index (χ1v) is 14.9. The van der Waals surface area contributed by atoms with Crippen LogP contribution in [0.15, 0.2) is 66.7 Å². The van der Waals surface area contributed by atoms with E-state index in [9.17, 15) is 19.2 Å². The number of rotatable bonds is 10. The summed E-state index contributed by atoms with van der Waals surface area (Å²) in [5.41, 5.74) is 5.33. The van der Waals surface area contributed by atoms with Crippen LogP contribution in [0.4, 0.5) is 5.69 Å². The van der Waals surface area contributed by atoms with Crippen molar-refractivity contribution in [2.75, 3.05) is 5.32 Å². The second-order valence-electron chi connectivity index (χ2n) is 11.6. The molecule has 1 aliphatic carbocycles. The zero-order valence-corrected chi connectivity index (χ0v) is 24.5. The minimum atomic E-state index is -0.315. The predicted molar refractivity (Wildman–Crippen MR) is 161 cm³/mol. The van der Waals surface area contributed by atoms with E-state index in [2.05, 4.69) is 5.32 Å². The van der Waals surface area contributed by atoms with Crippen molar-refractivity contribution in [2.45, 2.75) is 77.9 Å². The highest BCUT2D eigenvalue weighted by Crippen LogP contribution is 2.39. The van der Waals surface area contributed by atoms with E-state index in [1.165, 1.54) is 4.90 Å². The monoisotopic (exact) mass is 566 g/mol. The van der Waals surface area contributed by atoms with Crippen LogP contribution in [0.25, 0.3) is 0 Å². The van der Waals surface area contributed by atoms with Gasteiger partial charge in [0.15, 0.2) is 0 Å². The summed E-state index contributed by atoms with van der Waals surface area (Å²) in [5, 5.41) is 3.19. The summed E-state index contributed by atoms with van der Waals surface area (Å²) in [6.45, 7) is 5.82. The minimum Gasteiger partial charge on any atom is -0.463 e. The van der Waals surface area contributed by atoms with Crippen molar-refractivity contribution < 1.29 is 23.9 Å². The third kappa shape index (κ3) is 6.30. The molecule has 218 valence electrons. The maximum atomic E-state index is 13.8. The van der Waals surface area contributed by atoms with E-state index < -0.39 is 0 Å². The Morgan fingerprint density at radius 1 is 0.905 bits per heavy atom. The van der Waals surface area contributed by atoms with Crippen molar-refractivity contribution in [3.8, 4) is 0 Å². The second kappa shape index (κ2) is 12.7. The average molecular weight is 567 g/mol. The third-order valence-corrected chi connectivity index (χ3v) is 8.38. The number of fused-ring (bicyclic) bond motifs is 1.